The van der Waals surface area contributed by atoms with E-state index >= 15 is 0 Å². The summed E-state index contributed by atoms with van der Waals surface area (Å²) >= 11 is 0. The molecule has 2 aromatic carbocycles. The number of hydrogen-bond acceptors (Lipinski definition) is 4. The van der Waals surface area contributed by atoms with E-state index in [1.807, 2.05) is 0 Å². The Labute approximate surface area is 182 Å². The van der Waals surface area contributed by atoms with Crippen LogP contribution in [-0.4, -0.2) is 18.6 Å². The van der Waals surface area contributed by atoms with Crippen molar-refractivity contribution in [2.24, 2.45) is 0 Å². The first-order valence-corrected chi connectivity index (χ1v) is 11.5. The van der Waals surface area contributed by atoms with Crippen molar-refractivity contribution in [1.29, 1.82) is 0 Å². The average Bonchev–Trinajstić information content (AvgIpc) is 2.74. The zero-order valence-electron chi connectivity index (χ0n) is 17.1. The van der Waals surface area contributed by atoms with E-state index in [0.29, 0.717) is 35.2 Å². The molecule has 6 nitrogen and oxygen atoms in total. The zero-order chi connectivity index (χ0) is 23.1. The van der Waals surface area contributed by atoms with Gasteiger partial charge in [0, 0.05) is 16.8 Å². The number of alkyl halides is 3. The molecule has 0 unspecified atom stereocenters. The summed E-state index contributed by atoms with van der Waals surface area (Å²) in [5.41, 5.74) is 1.52. The van der Waals surface area contributed by atoms with Crippen molar-refractivity contribution in [2.45, 2.75) is 43.7 Å². The van der Waals surface area contributed by atoms with E-state index in [4.69, 9.17) is 0 Å². The number of halogens is 3. The number of anilines is 1. The normalized spacial score (nSPS) is 14.1. The van der Waals surface area contributed by atoms with E-state index in [9.17, 15) is 26.4 Å². The minimum Gasteiger partial charge on any atom is -0.280 e. The highest BCUT2D eigenvalue weighted by molar-refractivity contribution is 7.92. The van der Waals surface area contributed by atoms with Gasteiger partial charge in [0.25, 0.3) is 15.6 Å². The summed E-state index contributed by atoms with van der Waals surface area (Å²) in [5, 5.41) is 6.64. The van der Waals surface area contributed by atoms with Crippen LogP contribution < -0.4 is 10.3 Å². The molecule has 1 heterocycles. The van der Waals surface area contributed by atoms with E-state index in [2.05, 4.69) is 14.9 Å². The predicted octanol–water partition coefficient (Wildman–Crippen LogP) is 4.44. The lowest BCUT2D eigenvalue weighted by Crippen LogP contribution is -2.21. The highest BCUT2D eigenvalue weighted by Gasteiger charge is 2.31. The third-order valence-corrected chi connectivity index (χ3v) is 7.01. The van der Waals surface area contributed by atoms with Crippen LogP contribution in [0.25, 0.3) is 11.3 Å². The van der Waals surface area contributed by atoms with Gasteiger partial charge in [-0.15, -0.1) is 0 Å². The molecule has 0 aliphatic heterocycles. The monoisotopic (exact) mass is 463 g/mol. The zero-order valence-corrected chi connectivity index (χ0v) is 17.9. The van der Waals surface area contributed by atoms with Crippen LogP contribution in [0.3, 0.4) is 0 Å². The van der Waals surface area contributed by atoms with Crippen molar-refractivity contribution in [3.63, 3.8) is 0 Å². The topological polar surface area (TPSA) is 91.9 Å². The highest BCUT2D eigenvalue weighted by atomic mass is 32.2. The number of rotatable bonds is 4. The van der Waals surface area contributed by atoms with Crippen molar-refractivity contribution in [2.75, 3.05) is 4.72 Å². The molecule has 0 spiro atoms. The second kappa shape index (κ2) is 8.09. The quantitative estimate of drug-likeness (QED) is 0.598. The van der Waals surface area contributed by atoms with Crippen LogP contribution in [0.5, 0.6) is 0 Å². The number of fused-ring (bicyclic) bond motifs is 1. The van der Waals surface area contributed by atoms with Gasteiger partial charge in [-0.25, -0.2) is 13.5 Å². The summed E-state index contributed by atoms with van der Waals surface area (Å²) in [4.78, 5) is 12.0. The molecule has 0 radical (unpaired) electrons. The number of H-pyrrole nitrogens is 1. The first-order chi connectivity index (χ1) is 15.1. The molecule has 0 fully saturated rings. The van der Waals surface area contributed by atoms with Gasteiger partial charge < -0.3 is 0 Å². The van der Waals surface area contributed by atoms with Crippen molar-refractivity contribution in [3.05, 3.63) is 75.1 Å². The molecule has 3 aromatic rings. The Morgan fingerprint density at radius 3 is 2.47 bits per heavy atom. The van der Waals surface area contributed by atoms with Crippen LogP contribution >= 0.6 is 0 Å². The lowest BCUT2D eigenvalue weighted by Gasteiger charge is -2.18. The van der Waals surface area contributed by atoms with Crippen LogP contribution in [0.1, 0.15) is 35.1 Å². The molecule has 4 rings (SSSR count). The van der Waals surface area contributed by atoms with Gasteiger partial charge in [0.1, 0.15) is 0 Å². The Morgan fingerprint density at radius 1 is 1.03 bits per heavy atom. The van der Waals surface area contributed by atoms with Gasteiger partial charge in [-0.3, -0.25) is 9.52 Å². The number of aromatic amines is 1. The smallest absolute Gasteiger partial charge is 0.280 e. The van der Waals surface area contributed by atoms with E-state index in [0.717, 1.165) is 36.6 Å². The first-order valence-electron chi connectivity index (χ1n) is 9.98. The lowest BCUT2D eigenvalue weighted by atomic mass is 9.90. The summed E-state index contributed by atoms with van der Waals surface area (Å²) in [6, 6.07) is 8.77. The number of aryl methyl sites for hydroxylation is 1. The number of nitrogens with zero attached hydrogens (tertiary/aromatic N) is 1. The second-order valence-electron chi connectivity index (χ2n) is 7.73. The van der Waals surface area contributed by atoms with Crippen molar-refractivity contribution in [3.8, 4) is 11.3 Å². The van der Waals surface area contributed by atoms with E-state index in [1.165, 1.54) is 12.1 Å². The number of nitrogens with one attached hydrogen (secondary N) is 2. The van der Waals surface area contributed by atoms with Crippen LogP contribution in [0.4, 0.5) is 18.9 Å². The summed E-state index contributed by atoms with van der Waals surface area (Å²) in [7, 11) is -4.18. The summed E-state index contributed by atoms with van der Waals surface area (Å²) in [6.45, 7) is 1.60. The predicted molar refractivity (Wildman–Crippen MR) is 114 cm³/mol. The van der Waals surface area contributed by atoms with Gasteiger partial charge in [-0.05, 0) is 68.0 Å². The summed E-state index contributed by atoms with van der Waals surface area (Å²) in [5.74, 6) is 0. The molecule has 0 bridgehead atoms. The Hall–Kier alpha value is -3.14. The fourth-order valence-corrected chi connectivity index (χ4v) is 5.22. The molecule has 0 atom stereocenters. The molecule has 0 amide bonds. The molecule has 168 valence electrons. The van der Waals surface area contributed by atoms with Gasteiger partial charge in [0.2, 0.25) is 0 Å². The molecular formula is C22H20F3N3O3S. The maximum Gasteiger partial charge on any atom is 0.416 e. The largest absolute Gasteiger partial charge is 0.416 e. The Balaban J connectivity index is 1.75. The van der Waals surface area contributed by atoms with Crippen LogP contribution in [0.2, 0.25) is 0 Å². The molecular weight excluding hydrogens is 443 g/mol. The maximum atomic E-state index is 13.0. The molecule has 1 aromatic heterocycles. The lowest BCUT2D eigenvalue weighted by molar-refractivity contribution is -0.137. The van der Waals surface area contributed by atoms with Gasteiger partial charge >= 0.3 is 6.18 Å². The number of benzene rings is 2. The van der Waals surface area contributed by atoms with E-state index < -0.39 is 21.8 Å². The minimum absolute atomic E-state index is 0.0787. The molecule has 32 heavy (non-hydrogen) atoms. The average molecular weight is 463 g/mol. The SMILES string of the molecule is Cc1ccc(-c2n[nH]c(=O)c3c2CCCC3)cc1S(=O)(=O)Nc1cccc(C(F)(F)F)c1. The molecule has 10 heteroatoms. The fourth-order valence-electron chi connectivity index (χ4n) is 3.90. The van der Waals surface area contributed by atoms with Gasteiger partial charge in [0.15, 0.2) is 0 Å². The Morgan fingerprint density at radius 2 is 1.75 bits per heavy atom. The van der Waals surface area contributed by atoms with Gasteiger partial charge in [0.05, 0.1) is 16.2 Å². The minimum atomic E-state index is -4.59. The molecule has 1 aliphatic carbocycles. The third kappa shape index (κ3) is 4.27. The number of hydrogen-bond donors (Lipinski definition) is 2. The van der Waals surface area contributed by atoms with Gasteiger partial charge in [-0.1, -0.05) is 18.2 Å². The van der Waals surface area contributed by atoms with Crippen LogP contribution in [-0.2, 0) is 29.0 Å². The molecule has 2 N–H and O–H groups in total. The van der Waals surface area contributed by atoms with Crippen LogP contribution in [0.15, 0.2) is 52.2 Å². The van der Waals surface area contributed by atoms with Crippen molar-refractivity contribution >= 4 is 15.7 Å². The first kappa shape index (κ1) is 22.1. The molecule has 1 aliphatic rings. The molecule has 0 saturated carbocycles. The highest BCUT2D eigenvalue weighted by Crippen LogP contribution is 2.33. The second-order valence-corrected chi connectivity index (χ2v) is 9.38. The van der Waals surface area contributed by atoms with Crippen molar-refractivity contribution in [1.82, 2.24) is 10.2 Å². The fraction of sp³-hybridized carbons (Fsp3) is 0.273. The number of aromatic nitrogens is 2. The maximum absolute atomic E-state index is 13.0. The van der Waals surface area contributed by atoms with E-state index in [1.54, 1.807) is 19.1 Å². The molecule has 0 saturated heterocycles. The Bertz CT molecular complexity index is 1350. The standard InChI is InChI=1S/C22H20F3N3O3S/c1-13-9-10-14(20-17-7-2-3-8-18(17)21(29)27-26-20)11-19(13)32(30,31)28-16-6-4-5-15(12-16)22(23,24)25/h4-6,9-12,28H,2-3,7-8H2,1H3,(H,27,29). The summed E-state index contributed by atoms with van der Waals surface area (Å²) < 4.78 is 67.3. The van der Waals surface area contributed by atoms with Crippen molar-refractivity contribution < 1.29 is 21.6 Å². The van der Waals surface area contributed by atoms with Gasteiger partial charge in [-0.2, -0.15) is 18.3 Å². The van der Waals surface area contributed by atoms with E-state index in [-0.39, 0.29) is 16.1 Å². The van der Waals surface area contributed by atoms with Crippen LogP contribution in [0, 0.1) is 6.92 Å². The summed E-state index contributed by atoms with van der Waals surface area (Å²) in [6.07, 6.45) is -1.49. The number of sulfonamides is 1. The Kier molecular flexibility index (Phi) is 5.58. The third-order valence-electron chi connectivity index (χ3n) is 5.49.